The molecular weight excluding hydrogens is 212 g/mol. The summed E-state index contributed by atoms with van der Waals surface area (Å²) in [6.45, 7) is 8.12. The van der Waals surface area contributed by atoms with Crippen LogP contribution in [0.2, 0.25) is 0 Å². The Morgan fingerprint density at radius 1 is 1.59 bits per heavy atom. The molecule has 3 atom stereocenters. The molecule has 0 aromatic carbocycles. The largest absolute Gasteiger partial charge is 0.389 e. The first-order valence-electron chi connectivity index (χ1n) is 6.45. The second-order valence-corrected chi connectivity index (χ2v) is 5.48. The molecule has 0 amide bonds. The highest BCUT2D eigenvalue weighted by Crippen LogP contribution is 2.29. The van der Waals surface area contributed by atoms with Gasteiger partial charge in [0.15, 0.2) is 5.78 Å². The van der Waals surface area contributed by atoms with Crippen molar-refractivity contribution >= 4 is 5.78 Å². The second kappa shape index (κ2) is 6.15. The minimum Gasteiger partial charge on any atom is -0.389 e. The highest BCUT2D eigenvalue weighted by atomic mass is 16.3. The molecule has 1 rings (SSSR count). The van der Waals surface area contributed by atoms with Crippen LogP contribution in [0.4, 0.5) is 0 Å². The lowest BCUT2D eigenvalue weighted by Gasteiger charge is -2.28. The van der Waals surface area contributed by atoms with Gasteiger partial charge < -0.3 is 5.11 Å². The first-order chi connectivity index (χ1) is 7.91. The summed E-state index contributed by atoms with van der Waals surface area (Å²) in [4.78, 5) is 11.9. The van der Waals surface area contributed by atoms with Crippen LogP contribution < -0.4 is 0 Å². The lowest BCUT2D eigenvalue weighted by Crippen LogP contribution is -2.30. The molecule has 2 nitrogen and oxygen atoms in total. The first kappa shape index (κ1) is 14.2. The van der Waals surface area contributed by atoms with Crippen LogP contribution in [0.5, 0.6) is 0 Å². The third kappa shape index (κ3) is 4.12. The van der Waals surface area contributed by atoms with Crippen LogP contribution in [-0.4, -0.2) is 17.0 Å². The number of aliphatic hydroxyl groups is 1. The van der Waals surface area contributed by atoms with Gasteiger partial charge in [0.25, 0.3) is 0 Å². The van der Waals surface area contributed by atoms with Crippen molar-refractivity contribution in [2.24, 2.45) is 11.8 Å². The Hall–Kier alpha value is -0.890. The Morgan fingerprint density at radius 3 is 2.82 bits per heavy atom. The monoisotopic (exact) mass is 236 g/mol. The molecule has 1 aliphatic carbocycles. The molecule has 17 heavy (non-hydrogen) atoms. The van der Waals surface area contributed by atoms with Crippen LogP contribution in [0.15, 0.2) is 23.3 Å². The van der Waals surface area contributed by atoms with Crippen LogP contribution in [0.25, 0.3) is 0 Å². The molecule has 0 aromatic heterocycles. The van der Waals surface area contributed by atoms with Gasteiger partial charge in [0.1, 0.15) is 0 Å². The maximum absolute atomic E-state index is 11.9. The van der Waals surface area contributed by atoms with Gasteiger partial charge in [-0.2, -0.15) is 0 Å². The Bertz CT molecular complexity index is 335. The molecule has 0 saturated heterocycles. The highest BCUT2D eigenvalue weighted by molar-refractivity contribution is 5.93. The van der Waals surface area contributed by atoms with Crippen molar-refractivity contribution in [2.45, 2.75) is 53.1 Å². The van der Waals surface area contributed by atoms with Crippen LogP contribution in [0, 0.1) is 11.8 Å². The molecule has 0 aliphatic heterocycles. The fourth-order valence-corrected chi connectivity index (χ4v) is 2.32. The number of ketones is 1. The van der Waals surface area contributed by atoms with E-state index < -0.39 is 6.10 Å². The molecule has 0 radical (unpaired) electrons. The zero-order valence-electron chi connectivity index (χ0n) is 11.4. The van der Waals surface area contributed by atoms with Crippen LogP contribution in [0.1, 0.15) is 47.0 Å². The minimum atomic E-state index is -0.427. The van der Waals surface area contributed by atoms with E-state index in [4.69, 9.17) is 0 Å². The molecule has 0 spiro atoms. The van der Waals surface area contributed by atoms with Gasteiger partial charge in [0.2, 0.25) is 0 Å². The number of aliphatic hydroxyl groups excluding tert-OH is 1. The van der Waals surface area contributed by atoms with Gasteiger partial charge in [-0.3, -0.25) is 4.79 Å². The average Bonchev–Trinajstić information content (AvgIpc) is 2.22. The fraction of sp³-hybridized carbons (Fsp3) is 0.667. The number of hydrogen-bond acceptors (Lipinski definition) is 2. The summed E-state index contributed by atoms with van der Waals surface area (Å²) in [5.41, 5.74) is 2.13. The van der Waals surface area contributed by atoms with E-state index in [1.165, 1.54) is 5.57 Å². The third-order valence-corrected chi connectivity index (χ3v) is 3.60. The predicted octanol–water partition coefficient (Wildman–Crippen LogP) is 3.27. The summed E-state index contributed by atoms with van der Waals surface area (Å²) in [6, 6.07) is 0. The lowest BCUT2D eigenvalue weighted by atomic mass is 9.78. The van der Waals surface area contributed by atoms with E-state index in [9.17, 15) is 9.90 Å². The molecule has 1 aliphatic rings. The van der Waals surface area contributed by atoms with Gasteiger partial charge in [-0.05, 0) is 57.6 Å². The summed E-state index contributed by atoms with van der Waals surface area (Å²) in [5, 5.41) is 9.80. The topological polar surface area (TPSA) is 37.3 Å². The summed E-state index contributed by atoms with van der Waals surface area (Å²) in [5.74, 6) is 0.536. The van der Waals surface area contributed by atoms with Crippen molar-refractivity contribution in [3.05, 3.63) is 23.3 Å². The van der Waals surface area contributed by atoms with Crippen molar-refractivity contribution in [2.75, 3.05) is 0 Å². The molecule has 0 fully saturated rings. The molecule has 0 aromatic rings. The van der Waals surface area contributed by atoms with Crippen molar-refractivity contribution in [3.63, 3.8) is 0 Å². The normalized spacial score (nSPS) is 26.4. The number of carbonyl (C=O) groups excluding carboxylic acids is 1. The SMILES string of the molecule is CC(C)=CCC[C@H](C)[C@@H]1C[C@@H](O)C(C)=CC1=O. The summed E-state index contributed by atoms with van der Waals surface area (Å²) >= 11 is 0. The number of allylic oxidation sites excluding steroid dienone is 3. The van der Waals surface area contributed by atoms with Gasteiger partial charge in [-0.1, -0.05) is 18.6 Å². The average molecular weight is 236 g/mol. The van der Waals surface area contributed by atoms with E-state index in [2.05, 4.69) is 26.8 Å². The summed E-state index contributed by atoms with van der Waals surface area (Å²) in [7, 11) is 0. The Morgan fingerprint density at radius 2 is 2.24 bits per heavy atom. The predicted molar refractivity (Wildman–Crippen MR) is 70.7 cm³/mol. The van der Waals surface area contributed by atoms with Crippen molar-refractivity contribution in [3.8, 4) is 0 Å². The fourth-order valence-electron chi connectivity index (χ4n) is 2.32. The molecule has 2 heteroatoms. The Labute approximate surface area is 104 Å². The summed E-state index contributed by atoms with van der Waals surface area (Å²) < 4.78 is 0. The minimum absolute atomic E-state index is 0.000683. The zero-order chi connectivity index (χ0) is 13.0. The smallest absolute Gasteiger partial charge is 0.159 e. The van der Waals surface area contributed by atoms with E-state index in [-0.39, 0.29) is 11.7 Å². The zero-order valence-corrected chi connectivity index (χ0v) is 11.4. The third-order valence-electron chi connectivity index (χ3n) is 3.60. The van der Waals surface area contributed by atoms with Gasteiger partial charge in [-0.15, -0.1) is 0 Å². The first-order valence-corrected chi connectivity index (χ1v) is 6.45. The molecule has 0 saturated carbocycles. The van der Waals surface area contributed by atoms with Crippen LogP contribution >= 0.6 is 0 Å². The quantitative estimate of drug-likeness (QED) is 0.761. The Balaban J connectivity index is 2.55. The van der Waals surface area contributed by atoms with E-state index >= 15 is 0 Å². The molecular formula is C15H24O2. The van der Waals surface area contributed by atoms with Crippen molar-refractivity contribution in [1.82, 2.24) is 0 Å². The van der Waals surface area contributed by atoms with E-state index in [1.807, 2.05) is 6.92 Å². The van der Waals surface area contributed by atoms with Crippen LogP contribution in [0.3, 0.4) is 0 Å². The standard InChI is InChI=1S/C15H24O2/c1-10(2)6-5-7-11(3)13-9-14(16)12(4)8-15(13)17/h6,8,11,13-14,16H,5,7,9H2,1-4H3/t11-,13-,14+/m0/s1. The second-order valence-electron chi connectivity index (χ2n) is 5.48. The maximum Gasteiger partial charge on any atom is 0.159 e. The number of carbonyl (C=O) groups is 1. The van der Waals surface area contributed by atoms with Crippen LogP contribution in [-0.2, 0) is 4.79 Å². The number of hydrogen-bond donors (Lipinski definition) is 1. The van der Waals surface area contributed by atoms with Gasteiger partial charge in [-0.25, -0.2) is 0 Å². The van der Waals surface area contributed by atoms with Gasteiger partial charge in [0.05, 0.1) is 6.10 Å². The highest BCUT2D eigenvalue weighted by Gasteiger charge is 2.30. The molecule has 0 unspecified atom stereocenters. The van der Waals surface area contributed by atoms with E-state index in [1.54, 1.807) is 6.08 Å². The molecule has 96 valence electrons. The van der Waals surface area contributed by atoms with Gasteiger partial charge >= 0.3 is 0 Å². The van der Waals surface area contributed by atoms with E-state index in [0.29, 0.717) is 12.3 Å². The Kier molecular flexibility index (Phi) is 5.13. The molecule has 0 heterocycles. The molecule has 1 N–H and O–H groups in total. The maximum atomic E-state index is 11.9. The number of rotatable bonds is 4. The van der Waals surface area contributed by atoms with Crippen molar-refractivity contribution < 1.29 is 9.90 Å². The van der Waals surface area contributed by atoms with Gasteiger partial charge in [0, 0.05) is 5.92 Å². The molecule has 0 bridgehead atoms. The van der Waals surface area contributed by atoms with Crippen molar-refractivity contribution in [1.29, 1.82) is 0 Å². The van der Waals surface area contributed by atoms with E-state index in [0.717, 1.165) is 18.4 Å². The lowest BCUT2D eigenvalue weighted by molar-refractivity contribution is -0.121. The summed E-state index contributed by atoms with van der Waals surface area (Å²) in [6.07, 6.45) is 6.03.